The lowest BCUT2D eigenvalue weighted by Crippen LogP contribution is -2.50. The fourth-order valence-corrected chi connectivity index (χ4v) is 6.60. The van der Waals surface area contributed by atoms with Crippen molar-refractivity contribution >= 4 is 27.3 Å². The van der Waals surface area contributed by atoms with Gasteiger partial charge in [0.2, 0.25) is 18.3 Å². The van der Waals surface area contributed by atoms with Gasteiger partial charge in [0.25, 0.3) is 0 Å². The molecule has 1 aromatic carbocycles. The van der Waals surface area contributed by atoms with Crippen LogP contribution in [0.15, 0.2) is 66.0 Å². The lowest BCUT2D eigenvalue weighted by molar-refractivity contribution is -0.904. The van der Waals surface area contributed by atoms with Crippen LogP contribution in [0.4, 0.5) is 0 Å². The molecular formula is C24H24ClN4O4S+. The van der Waals surface area contributed by atoms with E-state index in [0.29, 0.717) is 42.3 Å². The predicted molar refractivity (Wildman–Crippen MR) is 124 cm³/mol. The largest absolute Gasteiger partial charge is 0.340 e. The zero-order valence-electron chi connectivity index (χ0n) is 18.3. The Bertz CT molecular complexity index is 1340. The van der Waals surface area contributed by atoms with Gasteiger partial charge in [-0.15, -0.1) is 0 Å². The molecule has 5 rings (SSSR count). The van der Waals surface area contributed by atoms with E-state index in [1.54, 1.807) is 36.5 Å². The van der Waals surface area contributed by atoms with E-state index in [1.807, 2.05) is 11.0 Å². The molecule has 0 aliphatic carbocycles. The number of halogens is 1. The Labute approximate surface area is 202 Å². The van der Waals surface area contributed by atoms with E-state index in [0.717, 1.165) is 16.0 Å². The summed E-state index contributed by atoms with van der Waals surface area (Å²) >= 11 is 6.18. The molecule has 2 aliphatic heterocycles. The maximum absolute atomic E-state index is 13.2. The standard InChI is InChI=1S/C24H24ClN4O4S/c25-19-3-4-20-21(15-19)34(32,33)16-18-2-1-7-26-23(18)24(20)28-12-10-27(11-13-28)22(30)14-17-5-8-29(31)9-6-17/h1-9,15,24,31H,10-14,16H2/q+1. The van der Waals surface area contributed by atoms with Gasteiger partial charge in [-0.05, 0) is 34.9 Å². The monoisotopic (exact) mass is 499 g/mol. The van der Waals surface area contributed by atoms with Crippen molar-refractivity contribution in [3.05, 3.63) is 88.5 Å². The van der Waals surface area contributed by atoms with Crippen LogP contribution in [0.2, 0.25) is 5.02 Å². The molecule has 0 saturated carbocycles. The van der Waals surface area contributed by atoms with Gasteiger partial charge in [0.05, 0.1) is 28.8 Å². The number of rotatable bonds is 3. The van der Waals surface area contributed by atoms with Gasteiger partial charge >= 0.3 is 0 Å². The second-order valence-corrected chi connectivity index (χ2v) is 11.0. The number of hydrogen-bond donors (Lipinski definition) is 1. The molecule has 3 aromatic rings. The Hall–Kier alpha value is -3.01. The third kappa shape index (κ3) is 4.38. The van der Waals surface area contributed by atoms with Crippen LogP contribution in [0.3, 0.4) is 0 Å². The van der Waals surface area contributed by atoms with Crippen molar-refractivity contribution in [2.24, 2.45) is 0 Å². The van der Waals surface area contributed by atoms with E-state index in [1.165, 1.54) is 18.5 Å². The van der Waals surface area contributed by atoms with Gasteiger partial charge < -0.3 is 4.90 Å². The Morgan fingerprint density at radius 3 is 2.59 bits per heavy atom. The Balaban J connectivity index is 1.41. The second kappa shape index (κ2) is 8.98. The molecule has 1 fully saturated rings. The van der Waals surface area contributed by atoms with Gasteiger partial charge in [0.15, 0.2) is 9.84 Å². The van der Waals surface area contributed by atoms with Gasteiger partial charge in [-0.2, -0.15) is 0 Å². The minimum absolute atomic E-state index is 0.0180. The van der Waals surface area contributed by atoms with Crippen molar-refractivity contribution in [2.75, 3.05) is 26.2 Å². The first kappa shape index (κ1) is 22.8. The fourth-order valence-electron chi connectivity index (χ4n) is 4.71. The van der Waals surface area contributed by atoms with Crippen molar-refractivity contribution in [1.29, 1.82) is 0 Å². The third-order valence-corrected chi connectivity index (χ3v) is 8.36. The highest BCUT2D eigenvalue weighted by molar-refractivity contribution is 7.90. The summed E-state index contributed by atoms with van der Waals surface area (Å²) in [6, 6.07) is 11.7. The minimum Gasteiger partial charge on any atom is -0.340 e. The number of piperazine rings is 1. The molecule has 1 atom stereocenters. The fraction of sp³-hybridized carbons (Fsp3) is 0.292. The first-order valence-electron chi connectivity index (χ1n) is 11.0. The Kier molecular flexibility index (Phi) is 6.01. The highest BCUT2D eigenvalue weighted by Crippen LogP contribution is 2.40. The highest BCUT2D eigenvalue weighted by atomic mass is 35.5. The quantitative estimate of drug-likeness (QED) is 0.437. The van der Waals surface area contributed by atoms with E-state index >= 15 is 0 Å². The smallest absolute Gasteiger partial charge is 0.227 e. The average Bonchev–Trinajstić information content (AvgIpc) is 2.92. The molecular weight excluding hydrogens is 476 g/mol. The van der Waals surface area contributed by atoms with E-state index < -0.39 is 9.84 Å². The van der Waals surface area contributed by atoms with E-state index in [9.17, 15) is 18.4 Å². The SMILES string of the molecule is O=C(Cc1cc[n+](O)cc1)N1CCN(C2c3ccc(Cl)cc3S(=O)(=O)Cc3cccnc32)CC1. The van der Waals surface area contributed by atoms with Gasteiger partial charge in [-0.25, -0.2) is 8.42 Å². The lowest BCUT2D eigenvalue weighted by atomic mass is 9.97. The summed E-state index contributed by atoms with van der Waals surface area (Å²) in [5.41, 5.74) is 2.91. The number of carbonyl (C=O) groups excluding carboxylic acids is 1. The van der Waals surface area contributed by atoms with Gasteiger partial charge in [-0.1, -0.05) is 23.7 Å². The summed E-state index contributed by atoms with van der Waals surface area (Å²) in [5, 5.41) is 9.74. The molecule has 0 bridgehead atoms. The van der Waals surface area contributed by atoms with Gasteiger partial charge in [0, 0.05) is 54.3 Å². The second-order valence-electron chi connectivity index (χ2n) is 8.57. The molecule has 1 N–H and O–H groups in total. The summed E-state index contributed by atoms with van der Waals surface area (Å²) in [5.74, 6) is -0.104. The highest BCUT2D eigenvalue weighted by Gasteiger charge is 2.37. The molecule has 2 aromatic heterocycles. The topological polar surface area (TPSA) is 94.7 Å². The number of benzene rings is 1. The zero-order chi connectivity index (χ0) is 23.9. The van der Waals surface area contributed by atoms with E-state index in [2.05, 4.69) is 9.88 Å². The van der Waals surface area contributed by atoms with Crippen LogP contribution in [0.25, 0.3) is 0 Å². The summed E-state index contributed by atoms with van der Waals surface area (Å²) in [7, 11) is -3.58. The first-order chi connectivity index (χ1) is 16.3. The Morgan fingerprint density at radius 2 is 1.85 bits per heavy atom. The summed E-state index contributed by atoms with van der Waals surface area (Å²) in [6.07, 6.45) is 4.94. The molecule has 0 radical (unpaired) electrons. The Morgan fingerprint density at radius 1 is 1.12 bits per heavy atom. The summed E-state index contributed by atoms with van der Waals surface area (Å²) in [6.45, 7) is 2.22. The number of aromatic nitrogens is 2. The molecule has 4 heterocycles. The average molecular weight is 500 g/mol. The molecule has 10 heteroatoms. The molecule has 8 nitrogen and oxygen atoms in total. The zero-order valence-corrected chi connectivity index (χ0v) is 19.9. The number of pyridine rings is 2. The lowest BCUT2D eigenvalue weighted by Gasteiger charge is -2.39. The van der Waals surface area contributed by atoms with Crippen LogP contribution >= 0.6 is 11.6 Å². The maximum atomic E-state index is 13.2. The number of sulfone groups is 1. The van der Waals surface area contributed by atoms with Crippen LogP contribution < -0.4 is 4.73 Å². The number of fused-ring (bicyclic) bond motifs is 2. The van der Waals surface area contributed by atoms with Crippen molar-refractivity contribution in [2.45, 2.75) is 23.1 Å². The molecule has 0 spiro atoms. The van der Waals surface area contributed by atoms with E-state index in [4.69, 9.17) is 11.6 Å². The van der Waals surface area contributed by atoms with Crippen LogP contribution in [0.5, 0.6) is 0 Å². The summed E-state index contributed by atoms with van der Waals surface area (Å²) in [4.78, 5) is 21.7. The number of nitrogens with zero attached hydrogens (tertiary/aromatic N) is 4. The molecule has 2 aliphatic rings. The van der Waals surface area contributed by atoms with Crippen LogP contribution in [0.1, 0.15) is 28.4 Å². The minimum atomic E-state index is -3.58. The van der Waals surface area contributed by atoms with Crippen LogP contribution in [-0.4, -0.2) is 60.5 Å². The molecule has 1 unspecified atom stereocenters. The third-order valence-electron chi connectivity index (χ3n) is 6.41. The van der Waals surface area contributed by atoms with Crippen molar-refractivity contribution < 1.29 is 23.1 Å². The van der Waals surface area contributed by atoms with Crippen molar-refractivity contribution in [1.82, 2.24) is 14.8 Å². The van der Waals surface area contributed by atoms with Crippen molar-refractivity contribution in [3.63, 3.8) is 0 Å². The number of hydrogen-bond acceptors (Lipinski definition) is 6. The normalized spacial score (nSPS) is 19.7. The van der Waals surface area contributed by atoms with Gasteiger partial charge in [0.1, 0.15) is 0 Å². The molecule has 34 heavy (non-hydrogen) atoms. The first-order valence-corrected chi connectivity index (χ1v) is 13.0. The molecule has 1 amide bonds. The van der Waals surface area contributed by atoms with Crippen LogP contribution in [-0.2, 0) is 26.8 Å². The number of carbonyl (C=O) groups is 1. The van der Waals surface area contributed by atoms with Crippen LogP contribution in [0, 0.1) is 0 Å². The summed E-state index contributed by atoms with van der Waals surface area (Å²) < 4.78 is 27.3. The molecule has 176 valence electrons. The maximum Gasteiger partial charge on any atom is 0.227 e. The van der Waals surface area contributed by atoms with Crippen molar-refractivity contribution in [3.8, 4) is 0 Å². The molecule has 1 saturated heterocycles. The predicted octanol–water partition coefficient (Wildman–Crippen LogP) is 2.02. The van der Waals surface area contributed by atoms with Gasteiger partial charge in [-0.3, -0.25) is 19.9 Å². The van der Waals surface area contributed by atoms with E-state index in [-0.39, 0.29) is 29.0 Å². The number of amides is 1.